The van der Waals surface area contributed by atoms with E-state index < -0.39 is 0 Å². The standard InChI is InChI=1S/C4H13B3N2/c1-6-3-8-9-4-7(2)5/h6H,3-5H2,1-2H3. The predicted octanol–water partition coefficient (Wildman–Crippen LogP) is -0.326. The largest absolute Gasteiger partial charge is 0.204 e. The third-order valence-corrected chi connectivity index (χ3v) is 0.870. The Balaban J connectivity index is 3.04. The maximum absolute atomic E-state index is 3.99. The highest BCUT2D eigenvalue weighted by molar-refractivity contribution is 7.02. The minimum Gasteiger partial charge on any atom is -0.204 e. The van der Waals surface area contributed by atoms with Crippen LogP contribution < -0.4 is 0 Å². The molecule has 0 spiro atoms. The fourth-order valence-electron chi connectivity index (χ4n) is 0.392. The van der Waals surface area contributed by atoms with E-state index in [1.807, 2.05) is 0 Å². The Morgan fingerprint density at radius 1 is 1.56 bits per heavy atom. The van der Waals surface area contributed by atoms with E-state index in [0.717, 1.165) is 20.2 Å². The van der Waals surface area contributed by atoms with E-state index in [1.54, 1.807) is 0 Å². The summed E-state index contributed by atoms with van der Waals surface area (Å²) in [4.78, 5) is 0. The highest BCUT2D eigenvalue weighted by Gasteiger charge is 1.93. The van der Waals surface area contributed by atoms with Crippen molar-refractivity contribution < 1.29 is 0 Å². The average molecular weight is 122 g/mol. The van der Waals surface area contributed by atoms with Crippen molar-refractivity contribution in [2.24, 2.45) is 10.2 Å². The van der Waals surface area contributed by atoms with Crippen LogP contribution in [0.5, 0.6) is 0 Å². The van der Waals surface area contributed by atoms with Crippen molar-refractivity contribution >= 4 is 21.6 Å². The zero-order valence-corrected chi connectivity index (χ0v) is 6.59. The molecule has 9 heavy (non-hydrogen) atoms. The molecule has 5 heteroatoms. The lowest BCUT2D eigenvalue weighted by Crippen LogP contribution is -2.11. The lowest BCUT2D eigenvalue weighted by molar-refractivity contribution is 1.04. The highest BCUT2D eigenvalue weighted by atomic mass is 15.1. The number of hydrogen-bond acceptors (Lipinski definition) is 2. The van der Waals surface area contributed by atoms with Gasteiger partial charge in [0.15, 0.2) is 0 Å². The second kappa shape index (κ2) is 5.92. The highest BCUT2D eigenvalue weighted by Crippen LogP contribution is 1.78. The zero-order chi connectivity index (χ0) is 7.11. The molecule has 0 unspecified atom stereocenters. The van der Waals surface area contributed by atoms with Crippen LogP contribution in [0.2, 0.25) is 13.6 Å². The Morgan fingerprint density at radius 3 is 2.67 bits per heavy atom. The van der Waals surface area contributed by atoms with Gasteiger partial charge in [-0.1, -0.05) is 13.6 Å². The Labute approximate surface area is 59.2 Å². The van der Waals surface area contributed by atoms with Gasteiger partial charge in [0.25, 0.3) is 0 Å². The van der Waals surface area contributed by atoms with Crippen molar-refractivity contribution in [1.82, 2.24) is 0 Å². The van der Waals surface area contributed by atoms with Crippen LogP contribution in [0, 0.1) is 0 Å². The molecule has 0 aliphatic heterocycles. The van der Waals surface area contributed by atoms with Gasteiger partial charge in [0.2, 0.25) is 0 Å². The van der Waals surface area contributed by atoms with E-state index in [2.05, 4.69) is 31.6 Å². The SMILES string of the molecule is BB(C)CN=NCBC. The molecule has 0 amide bonds. The minimum absolute atomic E-state index is 0.644. The number of nitrogens with zero attached hydrogens (tertiary/aromatic N) is 2. The second-order valence-electron chi connectivity index (χ2n) is 2.58. The molecule has 0 bridgehead atoms. The summed E-state index contributed by atoms with van der Waals surface area (Å²) in [6.07, 6.45) is 1.76. The summed E-state index contributed by atoms with van der Waals surface area (Å²) < 4.78 is 0. The van der Waals surface area contributed by atoms with Gasteiger partial charge in [-0.15, -0.1) is 0 Å². The van der Waals surface area contributed by atoms with Crippen LogP contribution in [0.3, 0.4) is 0 Å². The summed E-state index contributed by atoms with van der Waals surface area (Å²) in [6.45, 7) is 4.89. The van der Waals surface area contributed by atoms with E-state index in [9.17, 15) is 0 Å². The van der Waals surface area contributed by atoms with Crippen molar-refractivity contribution in [2.45, 2.75) is 13.6 Å². The van der Waals surface area contributed by atoms with Gasteiger partial charge in [0, 0.05) is 12.9 Å². The van der Waals surface area contributed by atoms with Crippen molar-refractivity contribution in [3.63, 3.8) is 0 Å². The van der Waals surface area contributed by atoms with Gasteiger partial charge in [0.1, 0.15) is 13.9 Å². The normalized spacial score (nSPS) is 10.0. The molecule has 0 rings (SSSR count). The van der Waals surface area contributed by atoms with Gasteiger partial charge >= 0.3 is 0 Å². The van der Waals surface area contributed by atoms with E-state index >= 15 is 0 Å². The first-order valence-corrected chi connectivity index (χ1v) is 3.60. The van der Waals surface area contributed by atoms with Crippen LogP contribution >= 0.6 is 0 Å². The number of azo groups is 1. The predicted molar refractivity (Wildman–Crippen MR) is 47.8 cm³/mol. The molecular formula is C4H13B3N2. The molecule has 0 N–H and O–H groups in total. The van der Waals surface area contributed by atoms with Gasteiger partial charge in [0.05, 0.1) is 7.74 Å². The van der Waals surface area contributed by atoms with Gasteiger partial charge < -0.3 is 0 Å². The lowest BCUT2D eigenvalue weighted by Gasteiger charge is -1.89. The molecule has 0 aromatic carbocycles. The molecule has 48 valence electrons. The van der Waals surface area contributed by atoms with Crippen LogP contribution in [-0.2, 0) is 0 Å². The van der Waals surface area contributed by atoms with Crippen molar-refractivity contribution in [3.8, 4) is 0 Å². The minimum atomic E-state index is 0.644. The van der Waals surface area contributed by atoms with Crippen LogP contribution in [0.15, 0.2) is 10.2 Å². The van der Waals surface area contributed by atoms with E-state index in [1.165, 1.54) is 0 Å². The topological polar surface area (TPSA) is 24.7 Å². The molecule has 0 saturated heterocycles. The van der Waals surface area contributed by atoms with Gasteiger partial charge in [-0.05, 0) is 0 Å². The van der Waals surface area contributed by atoms with Gasteiger partial charge in [-0.25, -0.2) is 10.2 Å². The van der Waals surface area contributed by atoms with Gasteiger partial charge in [-0.2, -0.15) is 0 Å². The Morgan fingerprint density at radius 2 is 2.22 bits per heavy atom. The smallest absolute Gasteiger partial charge is 0.147 e. The van der Waals surface area contributed by atoms with Crippen LogP contribution in [0.25, 0.3) is 0 Å². The molecule has 0 atom stereocenters. The molecule has 0 aromatic rings. The molecule has 0 fully saturated rings. The lowest BCUT2D eigenvalue weighted by atomic mass is 9.35. The first-order chi connectivity index (χ1) is 4.27. The number of hydrogen-bond donors (Lipinski definition) is 0. The third kappa shape index (κ3) is 7.79. The fourth-order valence-corrected chi connectivity index (χ4v) is 0.392. The summed E-state index contributed by atoms with van der Waals surface area (Å²) in [7, 11) is 3.24. The van der Waals surface area contributed by atoms with Crippen LogP contribution in [-0.4, -0.2) is 34.5 Å². The summed E-state index contributed by atoms with van der Waals surface area (Å²) in [5.74, 6) is 0. The average Bonchev–Trinajstić information content (AvgIpc) is 1.80. The summed E-state index contributed by atoms with van der Waals surface area (Å²) in [5.41, 5.74) is 0. The quantitative estimate of drug-likeness (QED) is 0.360. The monoisotopic (exact) mass is 122 g/mol. The molecule has 0 aliphatic carbocycles. The van der Waals surface area contributed by atoms with Crippen molar-refractivity contribution in [3.05, 3.63) is 0 Å². The molecule has 2 nitrogen and oxygen atoms in total. The maximum Gasteiger partial charge on any atom is 0.147 e. The molecule has 0 aromatic heterocycles. The first-order valence-electron chi connectivity index (χ1n) is 3.60. The molecule has 0 saturated carbocycles. The van der Waals surface area contributed by atoms with E-state index in [-0.39, 0.29) is 0 Å². The summed E-state index contributed by atoms with van der Waals surface area (Å²) in [5, 5.41) is 7.94. The van der Waals surface area contributed by atoms with Crippen molar-refractivity contribution in [2.75, 3.05) is 12.9 Å². The Kier molecular flexibility index (Phi) is 5.79. The van der Waals surface area contributed by atoms with Crippen LogP contribution in [0.4, 0.5) is 0 Å². The van der Waals surface area contributed by atoms with Gasteiger partial charge in [-0.3, -0.25) is 0 Å². The number of rotatable bonds is 4. The fraction of sp³-hybridized carbons (Fsp3) is 1.00. The molecular weight excluding hydrogens is 108 g/mol. The zero-order valence-electron chi connectivity index (χ0n) is 6.59. The third-order valence-electron chi connectivity index (χ3n) is 0.870. The van der Waals surface area contributed by atoms with E-state index in [0.29, 0.717) is 6.60 Å². The summed E-state index contributed by atoms with van der Waals surface area (Å²) >= 11 is 0. The maximum atomic E-state index is 3.99. The van der Waals surface area contributed by atoms with E-state index in [4.69, 9.17) is 0 Å². The molecule has 0 heterocycles. The molecule has 0 radical (unpaired) electrons. The second-order valence-corrected chi connectivity index (χ2v) is 2.58. The van der Waals surface area contributed by atoms with Crippen molar-refractivity contribution in [1.29, 1.82) is 0 Å². The first kappa shape index (κ1) is 8.79. The van der Waals surface area contributed by atoms with Crippen LogP contribution in [0.1, 0.15) is 0 Å². The Hall–Kier alpha value is -0.205. The Bertz CT molecular complexity index is 83.9. The summed E-state index contributed by atoms with van der Waals surface area (Å²) in [6, 6.07) is 0. The molecule has 0 aliphatic rings.